The Morgan fingerprint density at radius 1 is 0.882 bits per heavy atom. The highest BCUT2D eigenvalue weighted by atomic mass is 32.1. The van der Waals surface area contributed by atoms with E-state index >= 15 is 0 Å². The Morgan fingerprint density at radius 3 is 2.29 bits per heavy atom. The lowest BCUT2D eigenvalue weighted by Gasteiger charge is -2.14. The topological polar surface area (TPSA) is 88.7 Å². The highest BCUT2D eigenvalue weighted by Gasteiger charge is 2.11. The van der Waals surface area contributed by atoms with Crippen LogP contribution >= 0.6 is 12.2 Å². The third kappa shape index (κ3) is 7.90. The molecule has 1 atom stereocenters. The van der Waals surface area contributed by atoms with E-state index in [1.165, 1.54) is 0 Å². The fourth-order valence-electron chi connectivity index (χ4n) is 2.90. The van der Waals surface area contributed by atoms with E-state index in [4.69, 9.17) is 21.7 Å². The average molecular weight is 478 g/mol. The molecule has 3 aromatic carbocycles. The maximum absolute atomic E-state index is 12.6. The molecule has 0 saturated carbocycles. The van der Waals surface area contributed by atoms with Crippen molar-refractivity contribution in [1.82, 2.24) is 5.32 Å². The fraction of sp³-hybridized carbons (Fsp3) is 0.192. The molecule has 0 heterocycles. The SMILES string of the molecule is CCC(C)Oc1cccc(C(=O)NC(=S)Nc2cccc(NC(=O)COc3ccccc3)c2)c1. The van der Waals surface area contributed by atoms with Crippen LogP contribution in [0.4, 0.5) is 11.4 Å². The first kappa shape index (κ1) is 24.7. The molecule has 0 saturated heterocycles. The predicted molar refractivity (Wildman–Crippen MR) is 138 cm³/mol. The third-order valence-electron chi connectivity index (χ3n) is 4.75. The Kier molecular flexibility index (Phi) is 8.99. The summed E-state index contributed by atoms with van der Waals surface area (Å²) in [6, 6.07) is 23.0. The number of ether oxygens (including phenoxy) is 2. The second-order valence-corrected chi connectivity index (χ2v) is 7.91. The van der Waals surface area contributed by atoms with Gasteiger partial charge in [-0.25, -0.2) is 0 Å². The van der Waals surface area contributed by atoms with E-state index in [1.807, 2.05) is 38.1 Å². The van der Waals surface area contributed by atoms with Crippen molar-refractivity contribution in [3.63, 3.8) is 0 Å². The standard InChI is InChI=1S/C26H27N3O4S/c1-3-18(2)33-23-14-7-9-19(15-23)25(31)29-26(34)28-21-11-8-10-20(16-21)27-24(30)17-32-22-12-5-4-6-13-22/h4-16,18H,3,17H2,1-2H3,(H,27,30)(H2,28,29,31,34). The van der Waals surface area contributed by atoms with Crippen LogP contribution in [0.25, 0.3) is 0 Å². The Morgan fingerprint density at radius 2 is 1.56 bits per heavy atom. The maximum Gasteiger partial charge on any atom is 0.262 e. The van der Waals surface area contributed by atoms with Crippen LogP contribution in [0.2, 0.25) is 0 Å². The molecular formula is C26H27N3O4S. The van der Waals surface area contributed by atoms with Gasteiger partial charge in [-0.15, -0.1) is 0 Å². The van der Waals surface area contributed by atoms with Gasteiger partial charge in [-0.2, -0.15) is 0 Å². The minimum atomic E-state index is -0.352. The van der Waals surface area contributed by atoms with Gasteiger partial charge < -0.3 is 20.1 Å². The summed E-state index contributed by atoms with van der Waals surface area (Å²) in [5.41, 5.74) is 1.61. The average Bonchev–Trinajstić information content (AvgIpc) is 2.83. The number of benzene rings is 3. The molecule has 0 bridgehead atoms. The van der Waals surface area contributed by atoms with Gasteiger partial charge >= 0.3 is 0 Å². The number of hydrogen-bond acceptors (Lipinski definition) is 5. The van der Waals surface area contributed by atoms with Crippen LogP contribution in [0, 0.1) is 0 Å². The van der Waals surface area contributed by atoms with Crippen molar-refractivity contribution >= 4 is 40.5 Å². The van der Waals surface area contributed by atoms with Gasteiger partial charge in [-0.05, 0) is 74.1 Å². The van der Waals surface area contributed by atoms with Gasteiger partial charge in [0.1, 0.15) is 11.5 Å². The number of carbonyl (C=O) groups excluding carboxylic acids is 2. The number of anilines is 2. The fourth-order valence-corrected chi connectivity index (χ4v) is 3.11. The van der Waals surface area contributed by atoms with Gasteiger partial charge in [0.2, 0.25) is 0 Å². The molecule has 3 rings (SSSR count). The largest absolute Gasteiger partial charge is 0.491 e. The molecular weight excluding hydrogens is 450 g/mol. The summed E-state index contributed by atoms with van der Waals surface area (Å²) in [7, 11) is 0. The van der Waals surface area contributed by atoms with Crippen molar-refractivity contribution in [3.05, 3.63) is 84.4 Å². The highest BCUT2D eigenvalue weighted by molar-refractivity contribution is 7.80. The summed E-state index contributed by atoms with van der Waals surface area (Å²) < 4.78 is 11.2. The summed E-state index contributed by atoms with van der Waals surface area (Å²) in [6.45, 7) is 3.89. The van der Waals surface area contributed by atoms with Crippen molar-refractivity contribution in [2.45, 2.75) is 26.4 Å². The normalized spacial score (nSPS) is 11.1. The van der Waals surface area contributed by atoms with Crippen molar-refractivity contribution in [1.29, 1.82) is 0 Å². The van der Waals surface area contributed by atoms with Crippen LogP contribution in [0.1, 0.15) is 30.6 Å². The molecule has 0 aliphatic heterocycles. The molecule has 3 N–H and O–H groups in total. The van der Waals surface area contributed by atoms with E-state index in [2.05, 4.69) is 16.0 Å². The van der Waals surface area contributed by atoms with E-state index in [0.717, 1.165) is 6.42 Å². The molecule has 0 fully saturated rings. The van der Waals surface area contributed by atoms with E-state index in [1.54, 1.807) is 54.6 Å². The van der Waals surface area contributed by atoms with Gasteiger partial charge in [0.25, 0.3) is 11.8 Å². The first-order valence-corrected chi connectivity index (χ1v) is 11.3. The van der Waals surface area contributed by atoms with Gasteiger partial charge in [-0.1, -0.05) is 37.3 Å². The second-order valence-electron chi connectivity index (χ2n) is 7.50. The predicted octanol–water partition coefficient (Wildman–Crippen LogP) is 5.01. The van der Waals surface area contributed by atoms with E-state index in [-0.39, 0.29) is 29.6 Å². The molecule has 8 heteroatoms. The Bertz CT molecular complexity index is 1140. The number of para-hydroxylation sites is 1. The minimum absolute atomic E-state index is 0.0544. The molecule has 7 nitrogen and oxygen atoms in total. The van der Waals surface area contributed by atoms with Crippen molar-refractivity contribution in [3.8, 4) is 11.5 Å². The Balaban J connectivity index is 1.52. The zero-order valence-electron chi connectivity index (χ0n) is 19.0. The molecule has 0 aliphatic carbocycles. The number of carbonyl (C=O) groups is 2. The van der Waals surface area contributed by atoms with E-state index < -0.39 is 0 Å². The lowest BCUT2D eigenvalue weighted by molar-refractivity contribution is -0.118. The van der Waals surface area contributed by atoms with E-state index in [9.17, 15) is 9.59 Å². The van der Waals surface area contributed by atoms with Crippen LogP contribution in [0.5, 0.6) is 11.5 Å². The van der Waals surface area contributed by atoms with Crippen LogP contribution in [0.15, 0.2) is 78.9 Å². The molecule has 1 unspecified atom stereocenters. The highest BCUT2D eigenvalue weighted by Crippen LogP contribution is 2.17. The molecule has 3 aromatic rings. The number of rotatable bonds is 9. The Hall–Kier alpha value is -3.91. The number of hydrogen-bond donors (Lipinski definition) is 3. The summed E-state index contributed by atoms with van der Waals surface area (Å²) in [4.78, 5) is 24.8. The van der Waals surface area contributed by atoms with Gasteiger partial charge in [0.15, 0.2) is 11.7 Å². The molecule has 0 aliphatic rings. The van der Waals surface area contributed by atoms with Gasteiger partial charge in [-0.3, -0.25) is 14.9 Å². The zero-order chi connectivity index (χ0) is 24.3. The van der Waals surface area contributed by atoms with Crippen LogP contribution in [0.3, 0.4) is 0 Å². The first-order chi connectivity index (χ1) is 16.4. The van der Waals surface area contributed by atoms with Crippen LogP contribution < -0.4 is 25.4 Å². The Labute approximate surface area is 204 Å². The summed E-state index contributed by atoms with van der Waals surface area (Å²) in [6.07, 6.45) is 0.919. The number of nitrogens with one attached hydrogen (secondary N) is 3. The second kappa shape index (κ2) is 12.4. The van der Waals surface area contributed by atoms with Gasteiger partial charge in [0.05, 0.1) is 6.10 Å². The molecule has 176 valence electrons. The lowest BCUT2D eigenvalue weighted by Crippen LogP contribution is -2.34. The van der Waals surface area contributed by atoms with Crippen molar-refractivity contribution in [2.24, 2.45) is 0 Å². The molecule has 0 spiro atoms. The quantitative estimate of drug-likeness (QED) is 0.376. The van der Waals surface area contributed by atoms with E-state index in [0.29, 0.717) is 28.4 Å². The zero-order valence-corrected chi connectivity index (χ0v) is 19.9. The van der Waals surface area contributed by atoms with Crippen molar-refractivity contribution < 1.29 is 19.1 Å². The minimum Gasteiger partial charge on any atom is -0.491 e. The smallest absolute Gasteiger partial charge is 0.262 e. The van der Waals surface area contributed by atoms with Crippen LogP contribution in [-0.2, 0) is 4.79 Å². The lowest BCUT2D eigenvalue weighted by atomic mass is 10.2. The number of thiocarbonyl (C=S) groups is 1. The van der Waals surface area contributed by atoms with Crippen LogP contribution in [-0.4, -0.2) is 29.6 Å². The third-order valence-corrected chi connectivity index (χ3v) is 4.96. The monoisotopic (exact) mass is 477 g/mol. The summed E-state index contributed by atoms with van der Waals surface area (Å²) in [5, 5.41) is 8.52. The number of amides is 2. The molecule has 0 radical (unpaired) electrons. The first-order valence-electron chi connectivity index (χ1n) is 10.9. The summed E-state index contributed by atoms with van der Waals surface area (Å²) >= 11 is 5.28. The van der Waals surface area contributed by atoms with Gasteiger partial charge in [0, 0.05) is 16.9 Å². The van der Waals surface area contributed by atoms with Crippen molar-refractivity contribution in [2.75, 3.05) is 17.2 Å². The molecule has 2 amide bonds. The summed E-state index contributed by atoms with van der Waals surface area (Å²) in [5.74, 6) is 0.595. The molecule has 0 aromatic heterocycles. The maximum atomic E-state index is 12.6. The molecule has 34 heavy (non-hydrogen) atoms.